The number of halogens is 1. The summed E-state index contributed by atoms with van der Waals surface area (Å²) in [6.45, 7) is 1.21. The zero-order valence-corrected chi connectivity index (χ0v) is 16.3. The lowest BCUT2D eigenvalue weighted by Gasteiger charge is -2.12. The van der Waals surface area contributed by atoms with Gasteiger partial charge in [0.1, 0.15) is 10.6 Å². The Balaban J connectivity index is 1.57. The van der Waals surface area contributed by atoms with Crippen LogP contribution in [0.15, 0.2) is 35.4 Å². The average Bonchev–Trinajstić information content (AvgIpc) is 3.29. The van der Waals surface area contributed by atoms with Crippen molar-refractivity contribution in [2.45, 2.75) is 30.3 Å². The molecule has 1 aromatic heterocycles. The molecule has 0 radical (unpaired) electrons. The highest BCUT2D eigenvalue weighted by atomic mass is 35.5. The first kappa shape index (κ1) is 19.0. The number of anilines is 1. The molecule has 8 nitrogen and oxygen atoms in total. The Kier molecular flexibility index (Phi) is 4.90. The van der Waals surface area contributed by atoms with Crippen molar-refractivity contribution in [3.05, 3.63) is 46.7 Å². The fourth-order valence-electron chi connectivity index (χ4n) is 3.38. The molecule has 1 saturated heterocycles. The third-order valence-electron chi connectivity index (χ3n) is 4.79. The van der Waals surface area contributed by atoms with Gasteiger partial charge in [-0.25, -0.2) is 12.4 Å². The van der Waals surface area contributed by atoms with Crippen molar-refractivity contribution in [3.63, 3.8) is 0 Å². The maximum atomic E-state index is 12.9. The summed E-state index contributed by atoms with van der Waals surface area (Å²) in [5.41, 5.74) is 0.214. The molecule has 1 fully saturated rings. The highest BCUT2D eigenvalue weighted by Crippen LogP contribution is 2.31. The summed E-state index contributed by atoms with van der Waals surface area (Å²) in [6.07, 6.45) is 4.08. The van der Waals surface area contributed by atoms with Gasteiger partial charge in [-0.15, -0.1) is 0 Å². The summed E-state index contributed by atoms with van der Waals surface area (Å²) in [7, 11) is -4.02. The number of amides is 2. The zero-order chi connectivity index (χ0) is 19.9. The number of carbonyl (C=O) groups is 2. The van der Waals surface area contributed by atoms with E-state index >= 15 is 0 Å². The van der Waals surface area contributed by atoms with Crippen molar-refractivity contribution in [3.8, 4) is 0 Å². The third kappa shape index (κ3) is 3.41. The van der Waals surface area contributed by atoms with E-state index in [-0.39, 0.29) is 38.9 Å². The number of nitrogens with one attached hydrogen (secondary N) is 2. The molecule has 1 aromatic carbocycles. The predicted octanol–water partition coefficient (Wildman–Crippen LogP) is 2.24. The Morgan fingerprint density at radius 3 is 2.93 bits per heavy atom. The Morgan fingerprint density at radius 1 is 1.36 bits per heavy atom. The molecule has 28 heavy (non-hydrogen) atoms. The number of nitrogens with zero attached hydrogens (tertiary/aromatic N) is 1. The van der Waals surface area contributed by atoms with Crippen LogP contribution in [0.3, 0.4) is 0 Å². The van der Waals surface area contributed by atoms with Crippen LogP contribution in [0.5, 0.6) is 0 Å². The highest BCUT2D eigenvalue weighted by molar-refractivity contribution is 7.90. The van der Waals surface area contributed by atoms with Crippen molar-refractivity contribution in [2.75, 3.05) is 18.5 Å². The molecule has 2 N–H and O–H groups in total. The normalized spacial score (nSPS) is 20.0. The Morgan fingerprint density at radius 2 is 2.18 bits per heavy atom. The number of rotatable bonds is 4. The minimum atomic E-state index is -4.02. The first-order chi connectivity index (χ1) is 13.4. The van der Waals surface area contributed by atoms with Crippen LogP contribution in [0, 0.1) is 0 Å². The highest BCUT2D eigenvalue weighted by Gasteiger charge is 2.31. The monoisotopic (exact) mass is 423 g/mol. The van der Waals surface area contributed by atoms with Crippen LogP contribution in [-0.2, 0) is 14.8 Å². The van der Waals surface area contributed by atoms with Crippen LogP contribution in [0.4, 0.5) is 5.69 Å². The molecule has 0 bridgehead atoms. The minimum absolute atomic E-state index is 0.0524. The van der Waals surface area contributed by atoms with Gasteiger partial charge in [-0.1, -0.05) is 11.6 Å². The topological polar surface area (TPSA) is 106 Å². The second-order valence-corrected chi connectivity index (χ2v) is 8.91. The van der Waals surface area contributed by atoms with Crippen molar-refractivity contribution in [2.24, 2.45) is 0 Å². The first-order valence-electron chi connectivity index (χ1n) is 8.85. The van der Waals surface area contributed by atoms with E-state index in [1.807, 2.05) is 0 Å². The molecule has 2 aliphatic rings. The molecular weight excluding hydrogens is 406 g/mol. The SMILES string of the molecule is O=C(NCCC1CCCO1)c1ccc2c(c1)NC(=O)c1cc(Cl)cn1S2(=O)=O. The molecule has 148 valence electrons. The van der Waals surface area contributed by atoms with Crippen LogP contribution < -0.4 is 10.6 Å². The smallest absolute Gasteiger partial charge is 0.273 e. The molecule has 2 amide bonds. The maximum absolute atomic E-state index is 12.9. The van der Waals surface area contributed by atoms with Gasteiger partial charge in [0, 0.05) is 24.9 Å². The maximum Gasteiger partial charge on any atom is 0.273 e. The molecule has 0 saturated carbocycles. The van der Waals surface area contributed by atoms with Gasteiger partial charge >= 0.3 is 0 Å². The number of hydrogen-bond donors (Lipinski definition) is 2. The van der Waals surface area contributed by atoms with Gasteiger partial charge in [-0.05, 0) is 43.5 Å². The van der Waals surface area contributed by atoms with E-state index < -0.39 is 15.9 Å². The molecule has 0 spiro atoms. The third-order valence-corrected chi connectivity index (χ3v) is 6.73. The standard InChI is InChI=1S/C18H18ClN3O5S/c19-12-9-15-18(24)21-14-8-11(3-4-16(14)28(25,26)22(15)10-12)17(23)20-6-5-13-2-1-7-27-13/h3-4,8-10,13H,1-2,5-7H2,(H,20,23)(H,21,24). The number of benzene rings is 1. The lowest BCUT2D eigenvalue weighted by atomic mass is 10.1. The molecular formula is C18H18ClN3O5S. The summed E-state index contributed by atoms with van der Waals surface area (Å²) < 4.78 is 32.1. The number of hydrogen-bond acceptors (Lipinski definition) is 5. The number of fused-ring (bicyclic) bond motifs is 2. The Labute approximate surface area is 166 Å². The lowest BCUT2D eigenvalue weighted by molar-refractivity contribution is 0.0906. The predicted molar refractivity (Wildman–Crippen MR) is 102 cm³/mol. The van der Waals surface area contributed by atoms with E-state index in [1.54, 1.807) is 0 Å². The molecule has 1 unspecified atom stereocenters. The first-order valence-corrected chi connectivity index (χ1v) is 10.7. The second kappa shape index (κ2) is 7.23. The van der Waals surface area contributed by atoms with Crippen LogP contribution in [0.2, 0.25) is 5.02 Å². The molecule has 2 aromatic rings. The van der Waals surface area contributed by atoms with E-state index in [4.69, 9.17) is 16.3 Å². The summed E-state index contributed by atoms with van der Waals surface area (Å²) in [5.74, 6) is -0.968. The second-order valence-electron chi connectivity index (χ2n) is 6.69. The largest absolute Gasteiger partial charge is 0.378 e. The lowest BCUT2D eigenvalue weighted by Crippen LogP contribution is -2.27. The van der Waals surface area contributed by atoms with Crippen molar-refractivity contribution in [1.82, 2.24) is 9.29 Å². The summed E-state index contributed by atoms with van der Waals surface area (Å²) in [5, 5.41) is 5.48. The minimum Gasteiger partial charge on any atom is -0.378 e. The van der Waals surface area contributed by atoms with Crippen molar-refractivity contribution < 1.29 is 22.7 Å². The van der Waals surface area contributed by atoms with Crippen molar-refractivity contribution >= 4 is 39.1 Å². The summed E-state index contributed by atoms with van der Waals surface area (Å²) in [4.78, 5) is 24.7. The van der Waals surface area contributed by atoms with E-state index in [9.17, 15) is 18.0 Å². The van der Waals surface area contributed by atoms with Gasteiger partial charge in [-0.2, -0.15) is 0 Å². The Hall–Kier alpha value is -2.36. The van der Waals surface area contributed by atoms with E-state index in [0.29, 0.717) is 6.54 Å². The molecule has 2 aliphatic heterocycles. The number of carbonyl (C=O) groups excluding carboxylic acids is 2. The number of ether oxygens (including phenoxy) is 1. The number of aromatic nitrogens is 1. The fourth-order valence-corrected chi connectivity index (χ4v) is 5.13. The van der Waals surface area contributed by atoms with Gasteiger partial charge in [0.05, 0.1) is 16.8 Å². The zero-order valence-electron chi connectivity index (χ0n) is 14.8. The van der Waals surface area contributed by atoms with E-state index in [1.165, 1.54) is 30.5 Å². The molecule has 3 heterocycles. The molecule has 1 atom stereocenters. The van der Waals surface area contributed by atoms with Crippen LogP contribution in [0.25, 0.3) is 0 Å². The van der Waals surface area contributed by atoms with Crippen LogP contribution in [-0.4, -0.2) is 43.5 Å². The quantitative estimate of drug-likeness (QED) is 0.784. The Bertz CT molecular complexity index is 1060. The molecule has 0 aliphatic carbocycles. The summed E-state index contributed by atoms with van der Waals surface area (Å²) >= 11 is 5.86. The van der Waals surface area contributed by atoms with Gasteiger partial charge in [0.25, 0.3) is 21.8 Å². The van der Waals surface area contributed by atoms with Gasteiger partial charge < -0.3 is 15.4 Å². The molecule has 4 rings (SSSR count). The van der Waals surface area contributed by atoms with Gasteiger partial charge in [-0.3, -0.25) is 9.59 Å². The van der Waals surface area contributed by atoms with Crippen LogP contribution >= 0.6 is 11.6 Å². The van der Waals surface area contributed by atoms with E-state index in [0.717, 1.165) is 29.8 Å². The van der Waals surface area contributed by atoms with Gasteiger partial charge in [0.2, 0.25) is 0 Å². The average molecular weight is 424 g/mol. The van der Waals surface area contributed by atoms with Crippen LogP contribution in [0.1, 0.15) is 40.1 Å². The van der Waals surface area contributed by atoms with Gasteiger partial charge in [0.15, 0.2) is 0 Å². The summed E-state index contributed by atoms with van der Waals surface area (Å²) in [6, 6.07) is 5.36. The molecule has 10 heteroatoms. The van der Waals surface area contributed by atoms with Crippen molar-refractivity contribution in [1.29, 1.82) is 0 Å². The fraction of sp³-hybridized carbons (Fsp3) is 0.333. The van der Waals surface area contributed by atoms with E-state index in [2.05, 4.69) is 10.6 Å².